The Morgan fingerprint density at radius 2 is 2.27 bits per heavy atom. The van der Waals surface area contributed by atoms with E-state index in [0.29, 0.717) is 12.6 Å². The molecule has 2 rings (SSSR count). The molecule has 0 spiro atoms. The van der Waals surface area contributed by atoms with Crippen molar-refractivity contribution in [2.24, 2.45) is 0 Å². The summed E-state index contributed by atoms with van der Waals surface area (Å²) in [6.45, 7) is 2.67. The van der Waals surface area contributed by atoms with E-state index in [1.165, 1.54) is 0 Å². The minimum atomic E-state index is 0.262. The molecule has 15 heavy (non-hydrogen) atoms. The lowest BCUT2D eigenvalue weighted by atomic mass is 10.3. The van der Waals surface area contributed by atoms with Crippen molar-refractivity contribution >= 4 is 23.7 Å². The third kappa shape index (κ3) is 2.45. The first-order valence-electron chi connectivity index (χ1n) is 5.05. The van der Waals surface area contributed by atoms with Crippen LogP contribution >= 0.6 is 12.6 Å². The van der Waals surface area contributed by atoms with E-state index in [-0.39, 0.29) is 5.25 Å². The first-order valence-corrected chi connectivity index (χ1v) is 5.57. The number of aromatic amines is 1. The van der Waals surface area contributed by atoms with Crippen LogP contribution in [0.1, 0.15) is 13.3 Å². The molecular weight excluding hydrogens is 208 g/mol. The van der Waals surface area contributed by atoms with Crippen LogP contribution in [0.3, 0.4) is 0 Å². The smallest absolute Gasteiger partial charge is 0.294 e. The van der Waals surface area contributed by atoms with Crippen LogP contribution in [0.5, 0.6) is 6.01 Å². The maximum atomic E-state index is 5.50. The van der Waals surface area contributed by atoms with Crippen molar-refractivity contribution in [2.45, 2.75) is 18.6 Å². The normalized spacial score (nSPS) is 12.9. The van der Waals surface area contributed by atoms with Crippen LogP contribution in [0.4, 0.5) is 0 Å². The van der Waals surface area contributed by atoms with Crippen molar-refractivity contribution in [1.82, 2.24) is 9.97 Å². The zero-order chi connectivity index (χ0) is 10.7. The molecule has 3 nitrogen and oxygen atoms in total. The lowest BCUT2D eigenvalue weighted by Gasteiger charge is -2.06. The molecule has 1 unspecified atom stereocenters. The summed E-state index contributed by atoms with van der Waals surface area (Å²) in [4.78, 5) is 7.41. The molecule has 1 heterocycles. The number of ether oxygens (including phenoxy) is 1. The van der Waals surface area contributed by atoms with Crippen LogP contribution in [0, 0.1) is 0 Å². The molecule has 0 saturated carbocycles. The van der Waals surface area contributed by atoms with Gasteiger partial charge in [0.1, 0.15) is 6.61 Å². The average Bonchev–Trinajstić information content (AvgIpc) is 2.68. The van der Waals surface area contributed by atoms with Gasteiger partial charge in [-0.2, -0.15) is 17.6 Å². The monoisotopic (exact) mass is 222 g/mol. The summed E-state index contributed by atoms with van der Waals surface area (Å²) in [5.41, 5.74) is 1.93. The number of para-hydroxylation sites is 2. The van der Waals surface area contributed by atoms with Crippen LogP contribution in [-0.4, -0.2) is 21.8 Å². The third-order valence-corrected chi connectivity index (χ3v) is 2.77. The molecule has 0 amide bonds. The number of H-pyrrole nitrogens is 1. The second kappa shape index (κ2) is 4.57. The highest BCUT2D eigenvalue weighted by Gasteiger charge is 2.05. The summed E-state index contributed by atoms with van der Waals surface area (Å²) < 4.78 is 5.50. The molecule has 0 aliphatic heterocycles. The van der Waals surface area contributed by atoms with E-state index in [9.17, 15) is 0 Å². The van der Waals surface area contributed by atoms with Crippen LogP contribution in [0.2, 0.25) is 0 Å². The number of nitrogens with one attached hydrogen (secondary N) is 1. The number of hydrogen-bond acceptors (Lipinski definition) is 3. The minimum absolute atomic E-state index is 0.262. The van der Waals surface area contributed by atoms with E-state index in [4.69, 9.17) is 4.74 Å². The van der Waals surface area contributed by atoms with Crippen molar-refractivity contribution in [3.63, 3.8) is 0 Å². The van der Waals surface area contributed by atoms with Gasteiger partial charge in [-0.3, -0.25) is 0 Å². The fourth-order valence-electron chi connectivity index (χ4n) is 1.29. The Labute approximate surface area is 94.3 Å². The fourth-order valence-corrected chi connectivity index (χ4v) is 1.37. The second-order valence-electron chi connectivity index (χ2n) is 3.43. The fraction of sp³-hybridized carbons (Fsp3) is 0.364. The maximum absolute atomic E-state index is 5.50. The molecule has 1 N–H and O–H groups in total. The highest BCUT2D eigenvalue weighted by molar-refractivity contribution is 7.81. The minimum Gasteiger partial charge on any atom is -0.464 e. The molecule has 0 radical (unpaired) electrons. The van der Waals surface area contributed by atoms with Gasteiger partial charge in [-0.25, -0.2) is 0 Å². The number of nitrogens with zero attached hydrogens (tertiary/aromatic N) is 1. The Bertz CT molecular complexity index is 408. The Balaban J connectivity index is 2.09. The largest absolute Gasteiger partial charge is 0.464 e. The van der Waals surface area contributed by atoms with E-state index in [2.05, 4.69) is 29.5 Å². The standard InChI is InChI=1S/C11H14N2OS/c1-2-8(15)7-14-11-12-9-5-3-4-6-10(9)13-11/h3-6,8,15H,2,7H2,1H3,(H,12,13). The van der Waals surface area contributed by atoms with Gasteiger partial charge in [-0.15, -0.1) is 0 Å². The van der Waals surface area contributed by atoms with Gasteiger partial charge in [-0.1, -0.05) is 19.1 Å². The molecule has 0 fully saturated rings. The van der Waals surface area contributed by atoms with Crippen molar-refractivity contribution in [2.75, 3.05) is 6.61 Å². The van der Waals surface area contributed by atoms with Crippen molar-refractivity contribution in [1.29, 1.82) is 0 Å². The van der Waals surface area contributed by atoms with E-state index in [1.54, 1.807) is 0 Å². The summed E-state index contributed by atoms with van der Waals surface area (Å²) >= 11 is 4.36. The van der Waals surface area contributed by atoms with Crippen molar-refractivity contribution in [3.8, 4) is 6.01 Å². The van der Waals surface area contributed by atoms with Gasteiger partial charge in [-0.05, 0) is 18.6 Å². The molecular formula is C11H14N2OS. The maximum Gasteiger partial charge on any atom is 0.294 e. The van der Waals surface area contributed by atoms with E-state index in [1.807, 2.05) is 24.3 Å². The lowest BCUT2D eigenvalue weighted by molar-refractivity contribution is 0.295. The van der Waals surface area contributed by atoms with Gasteiger partial charge >= 0.3 is 0 Å². The number of fused-ring (bicyclic) bond motifs is 1. The number of hydrogen-bond donors (Lipinski definition) is 2. The van der Waals surface area contributed by atoms with Crippen LogP contribution in [0.15, 0.2) is 24.3 Å². The van der Waals surface area contributed by atoms with Crippen LogP contribution < -0.4 is 4.74 Å². The highest BCUT2D eigenvalue weighted by Crippen LogP contribution is 2.15. The molecule has 0 aliphatic carbocycles. The topological polar surface area (TPSA) is 37.9 Å². The Hall–Kier alpha value is -1.16. The summed E-state index contributed by atoms with van der Waals surface area (Å²) in [5, 5.41) is 0.262. The van der Waals surface area contributed by atoms with Gasteiger partial charge < -0.3 is 9.72 Å². The summed E-state index contributed by atoms with van der Waals surface area (Å²) in [6.07, 6.45) is 0.989. The van der Waals surface area contributed by atoms with E-state index in [0.717, 1.165) is 17.5 Å². The first kappa shape index (κ1) is 10.4. The number of rotatable bonds is 4. The molecule has 1 atom stereocenters. The van der Waals surface area contributed by atoms with Gasteiger partial charge in [0.25, 0.3) is 6.01 Å². The molecule has 80 valence electrons. The van der Waals surface area contributed by atoms with Gasteiger partial charge in [0.15, 0.2) is 0 Å². The molecule has 1 aromatic carbocycles. The zero-order valence-electron chi connectivity index (χ0n) is 8.60. The molecule has 0 bridgehead atoms. The average molecular weight is 222 g/mol. The predicted molar refractivity (Wildman–Crippen MR) is 64.7 cm³/mol. The molecule has 1 aromatic heterocycles. The molecule has 2 aromatic rings. The van der Waals surface area contributed by atoms with Gasteiger partial charge in [0.2, 0.25) is 0 Å². The predicted octanol–water partition coefficient (Wildman–Crippen LogP) is 2.65. The highest BCUT2D eigenvalue weighted by atomic mass is 32.1. The SMILES string of the molecule is CCC(S)COc1nc2ccccc2[nH]1. The molecule has 0 aliphatic rings. The quantitative estimate of drug-likeness (QED) is 0.780. The van der Waals surface area contributed by atoms with E-state index >= 15 is 0 Å². The summed E-state index contributed by atoms with van der Waals surface area (Å²) in [7, 11) is 0. The number of thiol groups is 1. The second-order valence-corrected chi connectivity index (χ2v) is 4.16. The van der Waals surface area contributed by atoms with Gasteiger partial charge in [0.05, 0.1) is 11.0 Å². The number of imidazole rings is 1. The summed E-state index contributed by atoms with van der Waals surface area (Å²) in [5.74, 6) is 0. The first-order chi connectivity index (χ1) is 7.29. The van der Waals surface area contributed by atoms with Crippen molar-refractivity contribution < 1.29 is 4.74 Å². The van der Waals surface area contributed by atoms with Crippen LogP contribution in [0.25, 0.3) is 11.0 Å². The number of aromatic nitrogens is 2. The zero-order valence-corrected chi connectivity index (χ0v) is 9.50. The molecule has 4 heteroatoms. The van der Waals surface area contributed by atoms with Crippen LogP contribution in [-0.2, 0) is 0 Å². The third-order valence-electron chi connectivity index (χ3n) is 2.25. The Morgan fingerprint density at radius 3 is 3.00 bits per heavy atom. The summed E-state index contributed by atoms with van der Waals surface area (Å²) in [6, 6.07) is 8.44. The Kier molecular flexibility index (Phi) is 3.16. The number of benzene rings is 1. The molecule has 0 saturated heterocycles. The van der Waals surface area contributed by atoms with E-state index < -0.39 is 0 Å². The van der Waals surface area contributed by atoms with Crippen molar-refractivity contribution in [3.05, 3.63) is 24.3 Å². The Morgan fingerprint density at radius 1 is 1.47 bits per heavy atom. The van der Waals surface area contributed by atoms with Gasteiger partial charge in [0, 0.05) is 5.25 Å². The lowest BCUT2D eigenvalue weighted by Crippen LogP contribution is -2.11.